The first kappa shape index (κ1) is 19.8. The number of hydrogen-bond donors (Lipinski definition) is 1. The number of aromatic nitrogens is 3. The van der Waals surface area contributed by atoms with E-state index in [2.05, 4.69) is 15.5 Å². The van der Waals surface area contributed by atoms with Crippen LogP contribution in [-0.2, 0) is 18.4 Å². The van der Waals surface area contributed by atoms with Crippen molar-refractivity contribution in [2.45, 2.75) is 18.7 Å². The fourth-order valence-electron chi connectivity index (χ4n) is 2.29. The van der Waals surface area contributed by atoms with Gasteiger partial charge >= 0.3 is 0 Å². The van der Waals surface area contributed by atoms with Crippen LogP contribution in [0.25, 0.3) is 0 Å². The van der Waals surface area contributed by atoms with Gasteiger partial charge < -0.3 is 14.6 Å². The van der Waals surface area contributed by atoms with Gasteiger partial charge in [0.25, 0.3) is 0 Å². The van der Waals surface area contributed by atoms with E-state index in [1.165, 1.54) is 6.07 Å². The van der Waals surface area contributed by atoms with Gasteiger partial charge in [0.1, 0.15) is 24.0 Å². The molecule has 0 saturated heterocycles. The van der Waals surface area contributed by atoms with E-state index in [0.29, 0.717) is 17.0 Å². The molecule has 0 aliphatic carbocycles. The second-order valence-corrected chi connectivity index (χ2v) is 6.96. The van der Waals surface area contributed by atoms with Crippen molar-refractivity contribution in [3.05, 3.63) is 65.5 Å². The summed E-state index contributed by atoms with van der Waals surface area (Å²) in [5.74, 6) is -0.633. The van der Waals surface area contributed by atoms with Crippen molar-refractivity contribution in [2.24, 2.45) is 7.05 Å². The highest BCUT2D eigenvalue weighted by Gasteiger charge is 2.13. The quantitative estimate of drug-likeness (QED) is 0.608. The number of carbonyl (C=O) groups is 1. The molecule has 0 fully saturated rings. The van der Waals surface area contributed by atoms with E-state index < -0.39 is 17.5 Å². The van der Waals surface area contributed by atoms with Crippen LogP contribution in [0.2, 0.25) is 0 Å². The second-order valence-electron chi connectivity index (χ2n) is 6.02. The van der Waals surface area contributed by atoms with Crippen molar-refractivity contribution in [2.75, 3.05) is 11.1 Å². The summed E-state index contributed by atoms with van der Waals surface area (Å²) in [6, 6.07) is 10.6. The summed E-state index contributed by atoms with van der Waals surface area (Å²) < 4.78 is 33.9. The van der Waals surface area contributed by atoms with E-state index in [-0.39, 0.29) is 18.0 Å². The van der Waals surface area contributed by atoms with Gasteiger partial charge in [-0.1, -0.05) is 29.5 Å². The topological polar surface area (TPSA) is 69.0 Å². The monoisotopic (exact) mass is 404 g/mol. The number of ether oxygens (including phenoxy) is 1. The average Bonchev–Trinajstić information content (AvgIpc) is 3.02. The number of amides is 1. The Hall–Kier alpha value is -2.94. The summed E-state index contributed by atoms with van der Waals surface area (Å²) in [6.45, 7) is 2.23. The molecule has 0 saturated carbocycles. The fraction of sp³-hybridized carbons (Fsp3) is 0.211. The number of anilines is 1. The van der Waals surface area contributed by atoms with Crippen LogP contribution in [0.1, 0.15) is 11.4 Å². The summed E-state index contributed by atoms with van der Waals surface area (Å²) in [6.07, 6.45) is 0. The Balaban J connectivity index is 1.53. The number of benzene rings is 2. The van der Waals surface area contributed by atoms with Crippen molar-refractivity contribution < 1.29 is 18.3 Å². The van der Waals surface area contributed by atoms with Gasteiger partial charge in [0, 0.05) is 13.1 Å². The molecule has 3 rings (SSSR count). The molecule has 1 N–H and O–H groups in total. The number of nitrogens with one attached hydrogen (secondary N) is 1. The zero-order valence-electron chi connectivity index (χ0n) is 15.3. The third-order valence-electron chi connectivity index (χ3n) is 3.85. The lowest BCUT2D eigenvalue weighted by Gasteiger charge is -2.07. The Bertz CT molecular complexity index is 977. The van der Waals surface area contributed by atoms with Crippen LogP contribution >= 0.6 is 11.8 Å². The summed E-state index contributed by atoms with van der Waals surface area (Å²) >= 11 is 1.15. The summed E-state index contributed by atoms with van der Waals surface area (Å²) in [5, 5.41) is 11.0. The first-order chi connectivity index (χ1) is 13.4. The van der Waals surface area contributed by atoms with Gasteiger partial charge in [-0.25, -0.2) is 8.78 Å². The van der Waals surface area contributed by atoms with Crippen molar-refractivity contribution >= 4 is 23.4 Å². The Kier molecular flexibility index (Phi) is 6.25. The van der Waals surface area contributed by atoms with Crippen LogP contribution in [0.15, 0.2) is 47.6 Å². The molecule has 146 valence electrons. The summed E-state index contributed by atoms with van der Waals surface area (Å²) in [4.78, 5) is 12.0. The SMILES string of the molecule is Cc1ccc(OCc2nnc(SCC(=O)Nc3ccc(F)cc3F)n2C)cc1. The molecule has 2 aromatic carbocycles. The first-order valence-corrected chi connectivity index (χ1v) is 9.36. The highest BCUT2D eigenvalue weighted by molar-refractivity contribution is 7.99. The zero-order chi connectivity index (χ0) is 20.1. The smallest absolute Gasteiger partial charge is 0.234 e. The Labute approximate surface area is 164 Å². The number of thioether (sulfide) groups is 1. The van der Waals surface area contributed by atoms with E-state index in [1.54, 1.807) is 11.6 Å². The van der Waals surface area contributed by atoms with E-state index in [1.807, 2.05) is 31.2 Å². The normalized spacial score (nSPS) is 10.7. The molecule has 6 nitrogen and oxygen atoms in total. The minimum absolute atomic E-state index is 0.00160. The van der Waals surface area contributed by atoms with Gasteiger partial charge in [-0.2, -0.15) is 0 Å². The molecule has 0 unspecified atom stereocenters. The molecule has 1 heterocycles. The molecule has 0 radical (unpaired) electrons. The average molecular weight is 404 g/mol. The number of nitrogens with zero attached hydrogens (tertiary/aromatic N) is 3. The second kappa shape index (κ2) is 8.83. The number of hydrogen-bond acceptors (Lipinski definition) is 5. The van der Waals surface area contributed by atoms with Crippen molar-refractivity contribution in [3.8, 4) is 5.75 Å². The molecule has 9 heteroatoms. The standard InChI is InChI=1S/C19H18F2N4O2S/c1-12-3-6-14(7-4-12)27-10-17-23-24-19(25(17)2)28-11-18(26)22-16-8-5-13(20)9-15(16)21/h3-9H,10-11H2,1-2H3,(H,22,26). The molecule has 0 atom stereocenters. The van der Waals surface area contributed by atoms with Crippen LogP contribution < -0.4 is 10.1 Å². The van der Waals surface area contributed by atoms with E-state index in [4.69, 9.17) is 4.74 Å². The maximum atomic E-state index is 13.6. The fourth-order valence-corrected chi connectivity index (χ4v) is 3.02. The van der Waals surface area contributed by atoms with Crippen LogP contribution in [0.4, 0.5) is 14.5 Å². The molecule has 1 aromatic heterocycles. The van der Waals surface area contributed by atoms with Gasteiger partial charge in [0.2, 0.25) is 5.91 Å². The largest absolute Gasteiger partial charge is 0.486 e. The third kappa shape index (κ3) is 5.07. The highest BCUT2D eigenvalue weighted by Crippen LogP contribution is 2.19. The van der Waals surface area contributed by atoms with Crippen molar-refractivity contribution in [1.29, 1.82) is 0 Å². The van der Waals surface area contributed by atoms with Crippen molar-refractivity contribution in [3.63, 3.8) is 0 Å². The maximum absolute atomic E-state index is 13.6. The number of carbonyl (C=O) groups excluding carboxylic acids is 1. The van der Waals surface area contributed by atoms with Gasteiger partial charge in [0.05, 0.1) is 11.4 Å². The molecule has 0 aliphatic rings. The Morgan fingerprint density at radius 2 is 1.93 bits per heavy atom. The lowest BCUT2D eigenvalue weighted by Crippen LogP contribution is -2.15. The Morgan fingerprint density at radius 1 is 1.18 bits per heavy atom. The molecule has 28 heavy (non-hydrogen) atoms. The van der Waals surface area contributed by atoms with Gasteiger partial charge in [0.15, 0.2) is 11.0 Å². The van der Waals surface area contributed by atoms with Crippen molar-refractivity contribution in [1.82, 2.24) is 14.8 Å². The third-order valence-corrected chi connectivity index (χ3v) is 4.87. The molecule has 0 aliphatic heterocycles. The van der Waals surface area contributed by atoms with Crippen LogP contribution in [0.5, 0.6) is 5.75 Å². The van der Waals surface area contributed by atoms with Gasteiger partial charge in [-0.05, 0) is 31.2 Å². The van der Waals surface area contributed by atoms with E-state index >= 15 is 0 Å². The number of aryl methyl sites for hydroxylation is 1. The van der Waals surface area contributed by atoms with E-state index in [9.17, 15) is 13.6 Å². The van der Waals surface area contributed by atoms with E-state index in [0.717, 1.165) is 29.1 Å². The number of halogens is 2. The predicted octanol–water partition coefficient (Wildman–Crippen LogP) is 3.71. The molecular formula is C19H18F2N4O2S. The highest BCUT2D eigenvalue weighted by atomic mass is 32.2. The molecule has 0 spiro atoms. The lowest BCUT2D eigenvalue weighted by molar-refractivity contribution is -0.113. The summed E-state index contributed by atoms with van der Waals surface area (Å²) in [7, 11) is 1.77. The number of rotatable bonds is 7. The minimum atomic E-state index is -0.826. The van der Waals surface area contributed by atoms with Gasteiger partial charge in [-0.3, -0.25) is 4.79 Å². The minimum Gasteiger partial charge on any atom is -0.486 e. The molecular weight excluding hydrogens is 386 g/mol. The molecule has 0 bridgehead atoms. The zero-order valence-corrected chi connectivity index (χ0v) is 16.1. The summed E-state index contributed by atoms with van der Waals surface area (Å²) in [5.41, 5.74) is 1.07. The predicted molar refractivity (Wildman–Crippen MR) is 102 cm³/mol. The van der Waals surface area contributed by atoms with Crippen LogP contribution in [0, 0.1) is 18.6 Å². The van der Waals surface area contributed by atoms with Gasteiger partial charge in [-0.15, -0.1) is 10.2 Å². The Morgan fingerprint density at radius 3 is 2.64 bits per heavy atom. The molecule has 1 amide bonds. The van der Waals surface area contributed by atoms with Crippen LogP contribution in [-0.4, -0.2) is 26.4 Å². The van der Waals surface area contributed by atoms with Crippen LogP contribution in [0.3, 0.4) is 0 Å². The molecule has 3 aromatic rings. The first-order valence-electron chi connectivity index (χ1n) is 8.38. The maximum Gasteiger partial charge on any atom is 0.234 e. The lowest BCUT2D eigenvalue weighted by atomic mass is 10.2.